The maximum absolute atomic E-state index is 13.4. The Hall–Kier alpha value is -3.26. The highest BCUT2D eigenvalue weighted by atomic mass is 32.2. The monoisotopic (exact) mass is 419 g/mol. The lowest BCUT2D eigenvalue weighted by molar-refractivity contribution is 0.588. The minimum absolute atomic E-state index is 0.153. The van der Waals surface area contributed by atoms with Crippen LogP contribution in [0.15, 0.2) is 72.2 Å². The van der Waals surface area contributed by atoms with Crippen LogP contribution in [0, 0.1) is 0 Å². The molecule has 7 nitrogen and oxygen atoms in total. The standard InChI is InChI=1S/C22H21N5O2S/c1-26-14-17(12-24-26)19-15-27(30(28,29)18-10-6-3-7-11-18)22-21(19)23-13-20(25-22)16-8-4-2-5-9-16/h3-4,6-8,10-16H,2,5,9H2,1H3. The fraction of sp³-hybridized carbons (Fsp3) is 0.227. The van der Waals surface area contributed by atoms with Crippen molar-refractivity contribution in [2.45, 2.75) is 30.1 Å². The summed E-state index contributed by atoms with van der Waals surface area (Å²) in [6.07, 6.45) is 14.3. The first-order chi connectivity index (χ1) is 14.5. The van der Waals surface area contributed by atoms with E-state index >= 15 is 0 Å². The van der Waals surface area contributed by atoms with Crippen LogP contribution < -0.4 is 0 Å². The molecule has 8 heteroatoms. The van der Waals surface area contributed by atoms with Crippen molar-refractivity contribution in [2.75, 3.05) is 0 Å². The maximum atomic E-state index is 13.4. The number of benzene rings is 1. The minimum Gasteiger partial charge on any atom is -0.275 e. The van der Waals surface area contributed by atoms with Crippen LogP contribution in [-0.4, -0.2) is 32.1 Å². The zero-order valence-corrected chi connectivity index (χ0v) is 17.3. The summed E-state index contributed by atoms with van der Waals surface area (Å²) in [6, 6.07) is 8.40. The molecule has 1 aliphatic carbocycles. The summed E-state index contributed by atoms with van der Waals surface area (Å²) in [5, 5.41) is 4.22. The molecule has 0 N–H and O–H groups in total. The third-order valence-electron chi connectivity index (χ3n) is 5.43. The zero-order valence-electron chi connectivity index (χ0n) is 16.5. The summed E-state index contributed by atoms with van der Waals surface area (Å²) in [4.78, 5) is 9.65. The van der Waals surface area contributed by atoms with E-state index in [9.17, 15) is 8.42 Å². The normalized spacial score (nSPS) is 16.9. The molecule has 0 saturated heterocycles. The number of allylic oxidation sites excluding steroid dienone is 2. The van der Waals surface area contributed by atoms with Gasteiger partial charge in [-0.25, -0.2) is 17.4 Å². The Labute approximate surface area is 174 Å². The van der Waals surface area contributed by atoms with Crippen LogP contribution in [0.3, 0.4) is 0 Å². The first kappa shape index (κ1) is 18.7. The number of aromatic nitrogens is 5. The summed E-state index contributed by atoms with van der Waals surface area (Å²) in [5.41, 5.74) is 3.17. The highest BCUT2D eigenvalue weighted by Crippen LogP contribution is 2.33. The van der Waals surface area contributed by atoms with Crippen LogP contribution >= 0.6 is 0 Å². The van der Waals surface area contributed by atoms with E-state index < -0.39 is 10.0 Å². The fourth-order valence-electron chi connectivity index (χ4n) is 3.87. The van der Waals surface area contributed by atoms with Crippen LogP contribution in [-0.2, 0) is 17.1 Å². The zero-order chi connectivity index (χ0) is 20.7. The van der Waals surface area contributed by atoms with Gasteiger partial charge in [-0.15, -0.1) is 0 Å². The lowest BCUT2D eigenvalue weighted by Gasteiger charge is -2.15. The third-order valence-corrected chi connectivity index (χ3v) is 7.10. The topological polar surface area (TPSA) is 82.7 Å². The first-order valence-electron chi connectivity index (χ1n) is 9.88. The average Bonchev–Trinajstić information content (AvgIpc) is 3.38. The van der Waals surface area contributed by atoms with Gasteiger partial charge in [0.15, 0.2) is 5.65 Å². The van der Waals surface area contributed by atoms with Gasteiger partial charge < -0.3 is 0 Å². The first-order valence-corrected chi connectivity index (χ1v) is 11.3. The molecule has 1 atom stereocenters. The van der Waals surface area contributed by atoms with Crippen LogP contribution in [0.1, 0.15) is 30.9 Å². The van der Waals surface area contributed by atoms with Gasteiger partial charge in [-0.05, 0) is 31.4 Å². The second-order valence-corrected chi connectivity index (χ2v) is 9.31. The molecule has 0 fully saturated rings. The fourth-order valence-corrected chi connectivity index (χ4v) is 5.20. The highest BCUT2D eigenvalue weighted by molar-refractivity contribution is 7.90. The van der Waals surface area contributed by atoms with Gasteiger partial charge in [0.2, 0.25) is 0 Å². The Kier molecular flexibility index (Phi) is 4.51. The minimum atomic E-state index is -3.82. The van der Waals surface area contributed by atoms with Gasteiger partial charge in [-0.2, -0.15) is 5.10 Å². The molecular formula is C22H21N5O2S. The van der Waals surface area contributed by atoms with E-state index in [0.29, 0.717) is 16.7 Å². The number of hydrogen-bond acceptors (Lipinski definition) is 5. The maximum Gasteiger partial charge on any atom is 0.269 e. The van der Waals surface area contributed by atoms with Crippen molar-refractivity contribution < 1.29 is 8.42 Å². The molecule has 3 heterocycles. The van der Waals surface area contributed by atoms with Crippen LogP contribution in [0.4, 0.5) is 0 Å². The van der Waals surface area contributed by atoms with Crippen molar-refractivity contribution in [2.24, 2.45) is 7.05 Å². The Morgan fingerprint density at radius 1 is 1.10 bits per heavy atom. The van der Waals surface area contributed by atoms with Crippen molar-refractivity contribution in [1.82, 2.24) is 23.7 Å². The molecule has 1 aliphatic rings. The van der Waals surface area contributed by atoms with Gasteiger partial charge in [0, 0.05) is 42.7 Å². The third kappa shape index (κ3) is 3.13. The lowest BCUT2D eigenvalue weighted by Crippen LogP contribution is -2.13. The number of fused-ring (bicyclic) bond motifs is 1. The van der Waals surface area contributed by atoms with E-state index in [1.165, 1.54) is 3.97 Å². The van der Waals surface area contributed by atoms with E-state index in [1.807, 2.05) is 13.2 Å². The van der Waals surface area contributed by atoms with Crippen LogP contribution in [0.5, 0.6) is 0 Å². The van der Waals surface area contributed by atoms with Crippen molar-refractivity contribution >= 4 is 21.2 Å². The largest absolute Gasteiger partial charge is 0.275 e. The molecular weight excluding hydrogens is 398 g/mol. The molecule has 1 unspecified atom stereocenters. The summed E-state index contributed by atoms with van der Waals surface area (Å²) in [5.74, 6) is 0.153. The van der Waals surface area contributed by atoms with Crippen molar-refractivity contribution in [3.8, 4) is 11.1 Å². The van der Waals surface area contributed by atoms with Crippen molar-refractivity contribution in [3.05, 3.63) is 73.0 Å². The van der Waals surface area contributed by atoms with Gasteiger partial charge in [-0.1, -0.05) is 30.4 Å². The highest BCUT2D eigenvalue weighted by Gasteiger charge is 2.25. The molecule has 0 bridgehead atoms. The molecule has 0 spiro atoms. The van der Waals surface area contributed by atoms with Crippen molar-refractivity contribution in [3.63, 3.8) is 0 Å². The molecule has 0 aliphatic heterocycles. The second-order valence-electron chi connectivity index (χ2n) is 7.49. The quantitative estimate of drug-likeness (QED) is 0.469. The lowest BCUT2D eigenvalue weighted by atomic mass is 9.93. The predicted molar refractivity (Wildman–Crippen MR) is 114 cm³/mol. The van der Waals surface area contributed by atoms with Gasteiger partial charge in [0.05, 0.1) is 16.8 Å². The molecule has 0 saturated carbocycles. The van der Waals surface area contributed by atoms with E-state index in [2.05, 4.69) is 22.2 Å². The Morgan fingerprint density at radius 3 is 2.63 bits per heavy atom. The molecule has 5 rings (SSSR count). The van der Waals surface area contributed by atoms with Crippen LogP contribution in [0.2, 0.25) is 0 Å². The van der Waals surface area contributed by atoms with Crippen molar-refractivity contribution in [1.29, 1.82) is 0 Å². The molecule has 3 aromatic heterocycles. The number of rotatable bonds is 4. The van der Waals surface area contributed by atoms with Gasteiger partial charge >= 0.3 is 0 Å². The Bertz CT molecular complexity index is 1350. The molecule has 1 aromatic carbocycles. The molecule has 0 radical (unpaired) electrons. The smallest absolute Gasteiger partial charge is 0.269 e. The Morgan fingerprint density at radius 2 is 1.93 bits per heavy atom. The Balaban J connectivity index is 1.75. The van der Waals surface area contributed by atoms with Gasteiger partial charge in [0.1, 0.15) is 5.52 Å². The summed E-state index contributed by atoms with van der Waals surface area (Å²) in [7, 11) is -2.00. The number of nitrogens with zero attached hydrogens (tertiary/aromatic N) is 5. The van der Waals surface area contributed by atoms with E-state index in [-0.39, 0.29) is 10.8 Å². The average molecular weight is 420 g/mol. The molecule has 152 valence electrons. The number of hydrogen-bond donors (Lipinski definition) is 0. The SMILES string of the molecule is Cn1cc(-c2cn(S(=O)(=O)c3ccccc3)c3nc(C4C=CCCC4)cnc23)cn1. The summed E-state index contributed by atoms with van der Waals surface area (Å²) >= 11 is 0. The molecule has 0 amide bonds. The predicted octanol–water partition coefficient (Wildman–Crippen LogP) is 3.89. The summed E-state index contributed by atoms with van der Waals surface area (Å²) < 4.78 is 29.8. The number of aryl methyl sites for hydroxylation is 1. The van der Waals surface area contributed by atoms with Gasteiger partial charge in [0.25, 0.3) is 10.0 Å². The van der Waals surface area contributed by atoms with E-state index in [1.54, 1.807) is 53.6 Å². The molecule has 4 aromatic rings. The van der Waals surface area contributed by atoms with E-state index in [0.717, 1.165) is 30.5 Å². The van der Waals surface area contributed by atoms with Gasteiger partial charge in [-0.3, -0.25) is 9.67 Å². The molecule has 30 heavy (non-hydrogen) atoms. The second kappa shape index (κ2) is 7.21. The van der Waals surface area contributed by atoms with Crippen LogP contribution in [0.25, 0.3) is 22.3 Å². The summed E-state index contributed by atoms with van der Waals surface area (Å²) in [6.45, 7) is 0. The van der Waals surface area contributed by atoms with E-state index in [4.69, 9.17) is 4.98 Å².